The fourth-order valence-electron chi connectivity index (χ4n) is 2.16. The molecule has 22 heavy (non-hydrogen) atoms. The molecular weight excluding hydrogens is 295 g/mol. The molecule has 0 amide bonds. The predicted octanol–water partition coefficient (Wildman–Crippen LogP) is 7.00. The van der Waals surface area contributed by atoms with E-state index in [1.807, 2.05) is 27.7 Å². The smallest absolute Gasteiger partial charge is 0.312 e. The minimum absolute atomic E-state index is 0.151. The lowest BCUT2D eigenvalue weighted by atomic mass is 10.1. The second-order valence-electron chi connectivity index (χ2n) is 6.55. The largest absolute Gasteiger partial charge is 0.333 e. The Morgan fingerprint density at radius 2 is 1.05 bits per heavy atom. The molecular formula is C18H39O3P. The van der Waals surface area contributed by atoms with Gasteiger partial charge >= 0.3 is 8.60 Å². The highest BCUT2D eigenvalue weighted by molar-refractivity contribution is 7.41. The topological polar surface area (TPSA) is 27.7 Å². The number of rotatable bonds is 16. The summed E-state index contributed by atoms with van der Waals surface area (Å²) in [6.07, 6.45) is 13.7. The highest BCUT2D eigenvalue weighted by Gasteiger charge is 2.16. The molecule has 0 spiro atoms. The van der Waals surface area contributed by atoms with Gasteiger partial charge in [0.1, 0.15) is 0 Å². The monoisotopic (exact) mass is 334 g/mol. The van der Waals surface area contributed by atoms with Gasteiger partial charge < -0.3 is 13.6 Å². The lowest BCUT2D eigenvalue weighted by molar-refractivity contribution is 0.111. The maximum absolute atomic E-state index is 5.76. The summed E-state index contributed by atoms with van der Waals surface area (Å²) in [5.74, 6) is 0. The Kier molecular flexibility index (Phi) is 16.4. The Labute approximate surface area is 140 Å². The first-order chi connectivity index (χ1) is 10.6. The van der Waals surface area contributed by atoms with Crippen LogP contribution in [-0.4, -0.2) is 18.8 Å². The Hall–Kier alpha value is 0.310. The van der Waals surface area contributed by atoms with E-state index in [0.29, 0.717) is 0 Å². The standard InChI is InChI=1S/C18H39O3P/c1-6-7-8-9-10-11-12-13-14-15-16-19-22(20-17(2)3)21-18(4)5/h17-18H,6-16H2,1-5H3. The molecule has 0 radical (unpaired) electrons. The fourth-order valence-corrected chi connectivity index (χ4v) is 3.30. The van der Waals surface area contributed by atoms with Crippen molar-refractivity contribution in [2.45, 2.75) is 111 Å². The van der Waals surface area contributed by atoms with E-state index in [1.165, 1.54) is 57.8 Å². The van der Waals surface area contributed by atoms with Crippen molar-refractivity contribution in [3.63, 3.8) is 0 Å². The van der Waals surface area contributed by atoms with Crippen LogP contribution in [0, 0.1) is 0 Å². The van der Waals surface area contributed by atoms with Crippen LogP contribution in [0.5, 0.6) is 0 Å². The second kappa shape index (κ2) is 16.2. The highest BCUT2D eigenvalue weighted by Crippen LogP contribution is 2.42. The summed E-state index contributed by atoms with van der Waals surface area (Å²) in [6, 6.07) is 0. The summed E-state index contributed by atoms with van der Waals surface area (Å²) in [6.45, 7) is 11.1. The number of unbranched alkanes of at least 4 members (excludes halogenated alkanes) is 9. The molecule has 3 nitrogen and oxygen atoms in total. The van der Waals surface area contributed by atoms with Gasteiger partial charge in [-0.05, 0) is 34.1 Å². The zero-order chi connectivity index (χ0) is 16.6. The van der Waals surface area contributed by atoms with Crippen molar-refractivity contribution < 1.29 is 13.6 Å². The van der Waals surface area contributed by atoms with Gasteiger partial charge in [-0.3, -0.25) is 0 Å². The van der Waals surface area contributed by atoms with Crippen LogP contribution in [0.2, 0.25) is 0 Å². The summed E-state index contributed by atoms with van der Waals surface area (Å²) in [5, 5.41) is 0. The van der Waals surface area contributed by atoms with E-state index in [2.05, 4.69) is 6.92 Å². The summed E-state index contributed by atoms with van der Waals surface area (Å²) in [5.41, 5.74) is 0. The van der Waals surface area contributed by atoms with Crippen LogP contribution in [0.1, 0.15) is 98.8 Å². The minimum Gasteiger partial charge on any atom is -0.312 e. The molecule has 0 aromatic carbocycles. The number of hydrogen-bond acceptors (Lipinski definition) is 3. The van der Waals surface area contributed by atoms with E-state index < -0.39 is 8.60 Å². The maximum atomic E-state index is 5.76. The minimum atomic E-state index is -1.18. The Bertz CT molecular complexity index is 212. The van der Waals surface area contributed by atoms with Crippen LogP contribution < -0.4 is 0 Å². The lowest BCUT2D eigenvalue weighted by Gasteiger charge is -2.20. The van der Waals surface area contributed by atoms with Gasteiger partial charge in [-0.15, -0.1) is 0 Å². The van der Waals surface area contributed by atoms with Gasteiger partial charge in [-0.2, -0.15) is 0 Å². The third-order valence-electron chi connectivity index (χ3n) is 3.29. The van der Waals surface area contributed by atoms with E-state index in [4.69, 9.17) is 13.6 Å². The summed E-state index contributed by atoms with van der Waals surface area (Å²) >= 11 is 0. The molecule has 0 saturated carbocycles. The molecule has 0 N–H and O–H groups in total. The van der Waals surface area contributed by atoms with E-state index in [0.717, 1.165) is 13.0 Å². The summed E-state index contributed by atoms with van der Waals surface area (Å²) in [4.78, 5) is 0. The van der Waals surface area contributed by atoms with Gasteiger partial charge in [0.15, 0.2) is 0 Å². The second-order valence-corrected chi connectivity index (χ2v) is 7.67. The molecule has 0 fully saturated rings. The van der Waals surface area contributed by atoms with Gasteiger partial charge in [-0.1, -0.05) is 64.7 Å². The first kappa shape index (κ1) is 22.3. The van der Waals surface area contributed by atoms with Crippen molar-refractivity contribution in [3.05, 3.63) is 0 Å². The first-order valence-electron chi connectivity index (χ1n) is 9.32. The zero-order valence-electron chi connectivity index (χ0n) is 15.6. The molecule has 134 valence electrons. The van der Waals surface area contributed by atoms with E-state index in [1.54, 1.807) is 0 Å². The van der Waals surface area contributed by atoms with E-state index in [9.17, 15) is 0 Å². The third-order valence-corrected chi connectivity index (χ3v) is 4.87. The average Bonchev–Trinajstić information content (AvgIpc) is 2.43. The maximum Gasteiger partial charge on any atom is 0.333 e. The molecule has 0 aliphatic heterocycles. The van der Waals surface area contributed by atoms with Crippen molar-refractivity contribution in [2.24, 2.45) is 0 Å². The van der Waals surface area contributed by atoms with E-state index in [-0.39, 0.29) is 12.2 Å². The van der Waals surface area contributed by atoms with Crippen molar-refractivity contribution in [1.82, 2.24) is 0 Å². The van der Waals surface area contributed by atoms with Crippen molar-refractivity contribution in [2.75, 3.05) is 6.61 Å². The number of hydrogen-bond donors (Lipinski definition) is 0. The van der Waals surface area contributed by atoms with Crippen LogP contribution >= 0.6 is 8.60 Å². The molecule has 0 rings (SSSR count). The molecule has 4 heteroatoms. The molecule has 0 saturated heterocycles. The van der Waals surface area contributed by atoms with Crippen molar-refractivity contribution in [1.29, 1.82) is 0 Å². The first-order valence-corrected chi connectivity index (χ1v) is 10.4. The average molecular weight is 334 g/mol. The molecule has 0 unspecified atom stereocenters. The Morgan fingerprint density at radius 3 is 1.45 bits per heavy atom. The summed E-state index contributed by atoms with van der Waals surface area (Å²) in [7, 11) is -1.18. The fraction of sp³-hybridized carbons (Fsp3) is 1.00. The van der Waals surface area contributed by atoms with Crippen LogP contribution in [0.3, 0.4) is 0 Å². The molecule has 0 aliphatic rings. The van der Waals surface area contributed by atoms with Crippen molar-refractivity contribution in [3.8, 4) is 0 Å². The predicted molar refractivity (Wildman–Crippen MR) is 97.2 cm³/mol. The van der Waals surface area contributed by atoms with Crippen LogP contribution in [0.25, 0.3) is 0 Å². The van der Waals surface area contributed by atoms with Crippen molar-refractivity contribution >= 4 is 8.60 Å². The molecule has 0 aliphatic carbocycles. The zero-order valence-corrected chi connectivity index (χ0v) is 16.5. The van der Waals surface area contributed by atoms with E-state index >= 15 is 0 Å². The molecule has 0 bridgehead atoms. The van der Waals surface area contributed by atoms with Gasteiger partial charge in [0, 0.05) is 0 Å². The lowest BCUT2D eigenvalue weighted by Crippen LogP contribution is -2.07. The molecule has 0 aromatic heterocycles. The Morgan fingerprint density at radius 1 is 0.636 bits per heavy atom. The van der Waals surface area contributed by atoms with Gasteiger partial charge in [0.05, 0.1) is 18.8 Å². The summed E-state index contributed by atoms with van der Waals surface area (Å²) < 4.78 is 17.1. The molecule has 0 atom stereocenters. The SMILES string of the molecule is CCCCCCCCCCCCOP(OC(C)C)OC(C)C. The van der Waals surface area contributed by atoms with Crippen LogP contribution in [-0.2, 0) is 13.6 Å². The van der Waals surface area contributed by atoms with Crippen LogP contribution in [0.15, 0.2) is 0 Å². The third kappa shape index (κ3) is 16.7. The van der Waals surface area contributed by atoms with Crippen LogP contribution in [0.4, 0.5) is 0 Å². The Balaban J connectivity index is 3.41. The highest BCUT2D eigenvalue weighted by atomic mass is 31.2. The quantitative estimate of drug-likeness (QED) is 0.225. The molecule has 0 heterocycles. The normalized spacial score (nSPS) is 12.0. The van der Waals surface area contributed by atoms with Gasteiger partial charge in [0.25, 0.3) is 0 Å². The van der Waals surface area contributed by atoms with Gasteiger partial charge in [-0.25, -0.2) is 0 Å². The molecule has 0 aromatic rings. The van der Waals surface area contributed by atoms with Gasteiger partial charge in [0.2, 0.25) is 0 Å².